The van der Waals surface area contributed by atoms with Crippen LogP contribution in [0.4, 0.5) is 4.39 Å². The van der Waals surface area contributed by atoms with Gasteiger partial charge in [0.1, 0.15) is 6.23 Å². The molecule has 2 heterocycles. The van der Waals surface area contributed by atoms with E-state index in [2.05, 4.69) is 15.9 Å². The summed E-state index contributed by atoms with van der Waals surface area (Å²) in [5.74, 6) is -1.54. The quantitative estimate of drug-likeness (QED) is 0.742. The van der Waals surface area contributed by atoms with Crippen molar-refractivity contribution in [3.63, 3.8) is 0 Å². The van der Waals surface area contributed by atoms with Gasteiger partial charge in [-0.2, -0.15) is 4.39 Å². The lowest BCUT2D eigenvalue weighted by molar-refractivity contribution is 0.0501. The van der Waals surface area contributed by atoms with Gasteiger partial charge in [-0.15, -0.1) is 0 Å². The molecule has 3 rings (SSSR count). The average Bonchev–Trinajstić information content (AvgIpc) is 3.09. The molecule has 0 saturated carbocycles. The number of hydrogen-bond donors (Lipinski definition) is 0. The van der Waals surface area contributed by atoms with Gasteiger partial charge in [-0.05, 0) is 25.0 Å². The highest BCUT2D eigenvalue weighted by Gasteiger charge is 2.23. The second-order valence-electron chi connectivity index (χ2n) is 5.46. The van der Waals surface area contributed by atoms with E-state index in [0.717, 1.165) is 21.7 Å². The van der Waals surface area contributed by atoms with Gasteiger partial charge >= 0.3 is 5.69 Å². The fourth-order valence-electron chi connectivity index (χ4n) is 2.58. The Hall–Kier alpha value is -2.06. The van der Waals surface area contributed by atoms with Crippen molar-refractivity contribution in [2.24, 2.45) is 0 Å². The summed E-state index contributed by atoms with van der Waals surface area (Å²) < 4.78 is 21.7. The summed E-state index contributed by atoms with van der Waals surface area (Å²) in [6.45, 7) is -0.0561. The number of carbonyl (C=O) groups is 1. The van der Waals surface area contributed by atoms with Crippen LogP contribution in [0.25, 0.3) is 0 Å². The van der Waals surface area contributed by atoms with Crippen molar-refractivity contribution in [3.8, 4) is 0 Å². The van der Waals surface area contributed by atoms with Gasteiger partial charge in [0.2, 0.25) is 5.82 Å². The third kappa shape index (κ3) is 3.25. The lowest BCUT2D eigenvalue weighted by atomic mass is 10.1. The van der Waals surface area contributed by atoms with Crippen molar-refractivity contribution >= 4 is 21.7 Å². The molecule has 1 atom stereocenters. The Morgan fingerprint density at radius 3 is 2.62 bits per heavy atom. The summed E-state index contributed by atoms with van der Waals surface area (Å²) in [5, 5.41) is 0. The Labute approximate surface area is 144 Å². The molecule has 8 heteroatoms. The molecular formula is C16H14BrFN2O4. The van der Waals surface area contributed by atoms with E-state index in [1.807, 2.05) is 0 Å². The van der Waals surface area contributed by atoms with Crippen molar-refractivity contribution in [2.75, 3.05) is 6.61 Å². The lowest BCUT2D eigenvalue weighted by Crippen LogP contribution is -2.43. The van der Waals surface area contributed by atoms with E-state index < -0.39 is 35.6 Å². The predicted octanol–water partition coefficient (Wildman–Crippen LogP) is 2.10. The Morgan fingerprint density at radius 2 is 2.00 bits per heavy atom. The van der Waals surface area contributed by atoms with E-state index in [0.29, 0.717) is 23.2 Å². The smallest absolute Gasteiger partial charge is 0.333 e. The Bertz CT molecular complexity index is 882. The first kappa shape index (κ1) is 16.8. The Kier molecular flexibility index (Phi) is 4.77. The first-order valence-electron chi connectivity index (χ1n) is 7.39. The van der Waals surface area contributed by atoms with Gasteiger partial charge in [0.25, 0.3) is 5.56 Å². The van der Waals surface area contributed by atoms with E-state index >= 15 is 0 Å². The summed E-state index contributed by atoms with van der Waals surface area (Å²) in [6, 6.07) is 6.48. The molecule has 1 fully saturated rings. The van der Waals surface area contributed by atoms with E-state index in [1.165, 1.54) is 0 Å². The summed E-state index contributed by atoms with van der Waals surface area (Å²) in [7, 11) is 0. The van der Waals surface area contributed by atoms with Crippen LogP contribution in [0.3, 0.4) is 0 Å². The maximum Gasteiger partial charge on any atom is 0.333 e. The SMILES string of the molecule is O=C(Cn1c(=O)c(F)cn([C@@H]2CCCO2)c1=O)c1ccc(Br)cc1. The van der Waals surface area contributed by atoms with Crippen LogP contribution in [0.2, 0.25) is 0 Å². The zero-order valence-corrected chi connectivity index (χ0v) is 14.2. The molecule has 0 bridgehead atoms. The standard InChI is InChI=1S/C16H14BrFN2O4/c17-11-5-3-10(4-6-11)13(21)9-20-15(22)12(18)8-19(16(20)23)14-2-1-7-24-14/h3-6,8,14H,1-2,7,9H2/t14-/m0/s1. The molecule has 0 N–H and O–H groups in total. The largest absolute Gasteiger partial charge is 0.358 e. The van der Waals surface area contributed by atoms with Crippen molar-refractivity contribution < 1.29 is 13.9 Å². The molecule has 1 saturated heterocycles. The first-order valence-corrected chi connectivity index (χ1v) is 8.18. The molecule has 0 radical (unpaired) electrons. The van der Waals surface area contributed by atoms with Crippen LogP contribution < -0.4 is 11.2 Å². The van der Waals surface area contributed by atoms with Crippen LogP contribution in [0.1, 0.15) is 29.4 Å². The molecule has 2 aromatic rings. The number of carbonyl (C=O) groups excluding carboxylic acids is 1. The molecule has 0 amide bonds. The number of halogens is 2. The molecule has 24 heavy (non-hydrogen) atoms. The lowest BCUT2D eigenvalue weighted by Gasteiger charge is -2.15. The van der Waals surface area contributed by atoms with E-state index in [9.17, 15) is 18.8 Å². The minimum Gasteiger partial charge on any atom is -0.358 e. The van der Waals surface area contributed by atoms with Gasteiger partial charge in [-0.3, -0.25) is 14.2 Å². The minimum absolute atomic E-state index is 0.331. The van der Waals surface area contributed by atoms with Gasteiger partial charge < -0.3 is 4.74 Å². The number of nitrogens with zero attached hydrogens (tertiary/aromatic N) is 2. The number of Topliss-reactive ketones (excluding diaryl/α,β-unsaturated/α-hetero) is 1. The second-order valence-corrected chi connectivity index (χ2v) is 6.37. The highest BCUT2D eigenvalue weighted by Crippen LogP contribution is 2.20. The minimum atomic E-state index is -1.11. The van der Waals surface area contributed by atoms with Gasteiger partial charge in [0.15, 0.2) is 5.78 Å². The third-order valence-corrected chi connectivity index (χ3v) is 4.37. The van der Waals surface area contributed by atoms with Gasteiger partial charge in [0, 0.05) is 16.6 Å². The van der Waals surface area contributed by atoms with Crippen molar-refractivity contribution in [2.45, 2.75) is 25.6 Å². The zero-order valence-electron chi connectivity index (χ0n) is 12.6. The van der Waals surface area contributed by atoms with E-state index in [4.69, 9.17) is 4.74 Å². The summed E-state index contributed by atoms with van der Waals surface area (Å²) in [4.78, 5) is 36.7. The third-order valence-electron chi connectivity index (χ3n) is 3.84. The number of hydrogen-bond acceptors (Lipinski definition) is 4. The van der Waals surface area contributed by atoms with Crippen LogP contribution in [0.5, 0.6) is 0 Å². The second kappa shape index (κ2) is 6.82. The maximum absolute atomic E-state index is 13.9. The van der Waals surface area contributed by atoms with Crippen LogP contribution in [0, 0.1) is 5.82 Å². The van der Waals surface area contributed by atoms with E-state index in [1.54, 1.807) is 24.3 Å². The van der Waals surface area contributed by atoms with Crippen LogP contribution in [-0.4, -0.2) is 21.5 Å². The van der Waals surface area contributed by atoms with Gasteiger partial charge in [-0.25, -0.2) is 9.36 Å². The molecule has 0 unspecified atom stereocenters. The van der Waals surface area contributed by atoms with Gasteiger partial charge in [0.05, 0.1) is 12.7 Å². The van der Waals surface area contributed by atoms with Gasteiger partial charge in [-0.1, -0.05) is 28.1 Å². The summed E-state index contributed by atoms with van der Waals surface area (Å²) in [6.07, 6.45) is 1.54. The fourth-order valence-corrected chi connectivity index (χ4v) is 2.85. The van der Waals surface area contributed by atoms with Crippen molar-refractivity contribution in [1.29, 1.82) is 0 Å². The topological polar surface area (TPSA) is 70.3 Å². The number of ketones is 1. The molecule has 1 aromatic carbocycles. The van der Waals surface area contributed by atoms with Crippen LogP contribution in [-0.2, 0) is 11.3 Å². The van der Waals surface area contributed by atoms with Crippen molar-refractivity contribution in [3.05, 3.63) is 67.2 Å². The van der Waals surface area contributed by atoms with Crippen LogP contribution in [0.15, 0.2) is 44.5 Å². The maximum atomic E-state index is 13.9. The molecule has 6 nitrogen and oxygen atoms in total. The summed E-state index contributed by atoms with van der Waals surface area (Å²) >= 11 is 3.26. The normalized spacial score (nSPS) is 17.2. The fraction of sp³-hybridized carbons (Fsp3) is 0.312. The monoisotopic (exact) mass is 396 g/mol. The average molecular weight is 397 g/mol. The number of aromatic nitrogens is 2. The highest BCUT2D eigenvalue weighted by atomic mass is 79.9. The molecule has 0 spiro atoms. The summed E-state index contributed by atoms with van der Waals surface area (Å²) in [5.41, 5.74) is -1.53. The first-order chi connectivity index (χ1) is 11.5. The molecule has 126 valence electrons. The number of benzene rings is 1. The molecule has 0 aliphatic carbocycles. The molecular weight excluding hydrogens is 383 g/mol. The Balaban J connectivity index is 1.97. The molecule has 1 aliphatic heterocycles. The zero-order chi connectivity index (χ0) is 17.3. The molecule has 1 aliphatic rings. The molecule has 1 aromatic heterocycles. The van der Waals surface area contributed by atoms with Crippen LogP contribution >= 0.6 is 15.9 Å². The van der Waals surface area contributed by atoms with E-state index in [-0.39, 0.29) is 0 Å². The predicted molar refractivity (Wildman–Crippen MR) is 87.6 cm³/mol. The highest BCUT2D eigenvalue weighted by molar-refractivity contribution is 9.10. The Morgan fingerprint density at radius 1 is 1.29 bits per heavy atom. The van der Waals surface area contributed by atoms with Crippen molar-refractivity contribution in [1.82, 2.24) is 9.13 Å². The number of rotatable bonds is 4. The number of ether oxygens (including phenoxy) is 1.